The minimum absolute atomic E-state index is 0.177. The molecule has 0 aliphatic heterocycles. The molecular formula is C21H30O2. The van der Waals surface area contributed by atoms with Gasteiger partial charge >= 0.3 is 0 Å². The number of rotatable bonds is 0. The minimum Gasteiger partial charge on any atom is -0.389 e. The van der Waals surface area contributed by atoms with E-state index in [0.717, 1.165) is 32.1 Å². The van der Waals surface area contributed by atoms with Crippen LogP contribution >= 0.6 is 0 Å². The standard InChI is InChI=1S/C21H30O2/c1-4-14-5-7-17-18-8-6-15-13-16(22)9-10-20(15,3)21(18,23)12-11-19(14,17)2/h4,13,17-18,23H,5-12H2,1-3H3/b14-4+/t17-,18-,19+,20-,21+/m0/s1. The second-order valence-electron chi connectivity index (χ2n) is 8.91. The van der Waals surface area contributed by atoms with Gasteiger partial charge in [-0.25, -0.2) is 0 Å². The Morgan fingerprint density at radius 2 is 1.83 bits per heavy atom. The lowest BCUT2D eigenvalue weighted by molar-refractivity contribution is -0.183. The number of hydrogen-bond acceptors (Lipinski definition) is 2. The van der Waals surface area contributed by atoms with Crippen molar-refractivity contribution in [3.8, 4) is 0 Å². The molecule has 3 fully saturated rings. The van der Waals surface area contributed by atoms with Gasteiger partial charge in [0.15, 0.2) is 5.78 Å². The third-order valence-electron chi connectivity index (χ3n) is 8.35. The van der Waals surface area contributed by atoms with Gasteiger partial charge in [0, 0.05) is 11.8 Å². The van der Waals surface area contributed by atoms with Crippen molar-refractivity contribution < 1.29 is 9.90 Å². The molecule has 2 heteroatoms. The lowest BCUT2D eigenvalue weighted by atomic mass is 9.45. The topological polar surface area (TPSA) is 37.3 Å². The first-order chi connectivity index (χ1) is 10.8. The molecule has 1 N–H and O–H groups in total. The summed E-state index contributed by atoms with van der Waals surface area (Å²) in [6, 6.07) is 0. The summed E-state index contributed by atoms with van der Waals surface area (Å²) in [5.41, 5.74) is 2.37. The van der Waals surface area contributed by atoms with Crippen molar-refractivity contribution >= 4 is 5.78 Å². The summed E-state index contributed by atoms with van der Waals surface area (Å²) in [4.78, 5) is 11.9. The molecule has 5 atom stereocenters. The van der Waals surface area contributed by atoms with Gasteiger partial charge in [-0.1, -0.05) is 31.1 Å². The monoisotopic (exact) mass is 314 g/mol. The van der Waals surface area contributed by atoms with Crippen LogP contribution in [0.1, 0.15) is 72.1 Å². The fraction of sp³-hybridized carbons (Fsp3) is 0.762. The Bertz CT molecular complexity index is 615. The third-order valence-corrected chi connectivity index (χ3v) is 8.35. The smallest absolute Gasteiger partial charge is 0.155 e. The predicted octanol–water partition coefficient (Wildman–Crippen LogP) is 4.58. The van der Waals surface area contributed by atoms with Crippen molar-refractivity contribution in [3.05, 3.63) is 23.3 Å². The van der Waals surface area contributed by atoms with Crippen molar-refractivity contribution in [2.45, 2.75) is 77.7 Å². The van der Waals surface area contributed by atoms with Crippen LogP contribution in [0.4, 0.5) is 0 Å². The maximum absolute atomic E-state index is 11.9. The zero-order valence-electron chi connectivity index (χ0n) is 14.8. The molecule has 126 valence electrons. The predicted molar refractivity (Wildman–Crippen MR) is 91.9 cm³/mol. The van der Waals surface area contributed by atoms with Gasteiger partial charge in [-0.3, -0.25) is 4.79 Å². The molecule has 4 rings (SSSR count). The van der Waals surface area contributed by atoms with E-state index >= 15 is 0 Å². The molecule has 0 aromatic rings. The van der Waals surface area contributed by atoms with E-state index in [2.05, 4.69) is 26.8 Å². The first-order valence-corrected chi connectivity index (χ1v) is 9.47. The van der Waals surface area contributed by atoms with Crippen LogP contribution in [0.3, 0.4) is 0 Å². The molecule has 0 unspecified atom stereocenters. The highest BCUT2D eigenvalue weighted by Gasteiger charge is 2.64. The lowest BCUT2D eigenvalue weighted by Crippen LogP contribution is -2.62. The van der Waals surface area contributed by atoms with Crippen molar-refractivity contribution in [1.82, 2.24) is 0 Å². The van der Waals surface area contributed by atoms with Crippen molar-refractivity contribution in [3.63, 3.8) is 0 Å². The Kier molecular flexibility index (Phi) is 3.27. The molecule has 2 nitrogen and oxygen atoms in total. The highest BCUT2D eigenvalue weighted by molar-refractivity contribution is 5.91. The molecule has 0 saturated heterocycles. The number of ketones is 1. The van der Waals surface area contributed by atoms with Gasteiger partial charge in [0.25, 0.3) is 0 Å². The summed E-state index contributed by atoms with van der Waals surface area (Å²) < 4.78 is 0. The van der Waals surface area contributed by atoms with Crippen LogP contribution in [0.2, 0.25) is 0 Å². The highest BCUT2D eigenvalue weighted by Crippen LogP contribution is 2.67. The van der Waals surface area contributed by atoms with E-state index in [0.29, 0.717) is 23.7 Å². The molecule has 0 amide bonds. The zero-order chi connectivity index (χ0) is 16.5. The molecule has 0 radical (unpaired) electrons. The number of carbonyl (C=O) groups is 1. The van der Waals surface area contributed by atoms with Crippen LogP contribution in [0, 0.1) is 22.7 Å². The average molecular weight is 314 g/mol. The molecule has 23 heavy (non-hydrogen) atoms. The first-order valence-electron chi connectivity index (χ1n) is 9.47. The fourth-order valence-electron chi connectivity index (χ4n) is 6.83. The van der Waals surface area contributed by atoms with Gasteiger partial charge in [0.05, 0.1) is 5.60 Å². The zero-order valence-corrected chi connectivity index (χ0v) is 14.8. The summed E-state index contributed by atoms with van der Waals surface area (Å²) in [5, 5.41) is 11.9. The van der Waals surface area contributed by atoms with Gasteiger partial charge in [-0.05, 0) is 75.2 Å². The maximum Gasteiger partial charge on any atom is 0.155 e. The summed E-state index contributed by atoms with van der Waals surface area (Å²) in [6.07, 6.45) is 12.2. The number of aliphatic hydroxyl groups is 1. The summed E-state index contributed by atoms with van der Waals surface area (Å²) in [5.74, 6) is 1.27. The summed E-state index contributed by atoms with van der Waals surface area (Å²) in [6.45, 7) is 6.86. The largest absolute Gasteiger partial charge is 0.389 e. The molecule has 4 aliphatic carbocycles. The molecule has 0 aromatic heterocycles. The SMILES string of the molecule is C/C=C1\CC[C@H]2[C@@H]3CCC4=CC(=O)CC[C@]4(C)[C@@]3(O)CC[C@]12C. The van der Waals surface area contributed by atoms with E-state index in [-0.39, 0.29) is 11.2 Å². The molecule has 0 heterocycles. The van der Waals surface area contributed by atoms with Crippen LogP contribution < -0.4 is 0 Å². The second kappa shape index (κ2) is 4.81. The Morgan fingerprint density at radius 1 is 1.09 bits per heavy atom. The van der Waals surface area contributed by atoms with Crippen LogP contribution in [-0.2, 0) is 4.79 Å². The Morgan fingerprint density at radius 3 is 2.57 bits per heavy atom. The highest BCUT2D eigenvalue weighted by atomic mass is 16.3. The van der Waals surface area contributed by atoms with E-state index in [1.165, 1.54) is 18.4 Å². The van der Waals surface area contributed by atoms with Crippen molar-refractivity contribution in [1.29, 1.82) is 0 Å². The van der Waals surface area contributed by atoms with Crippen LogP contribution in [-0.4, -0.2) is 16.5 Å². The normalized spacial score (nSPS) is 51.0. The maximum atomic E-state index is 11.9. The molecule has 0 spiro atoms. The Hall–Kier alpha value is -0.890. The quantitative estimate of drug-likeness (QED) is 0.665. The van der Waals surface area contributed by atoms with Crippen molar-refractivity contribution in [2.75, 3.05) is 0 Å². The van der Waals surface area contributed by atoms with Crippen LogP contribution in [0.25, 0.3) is 0 Å². The number of carbonyl (C=O) groups excluding carboxylic acids is 1. The first kappa shape index (κ1) is 15.6. The van der Waals surface area contributed by atoms with E-state index in [1.54, 1.807) is 5.57 Å². The Balaban J connectivity index is 1.76. The number of hydrogen-bond donors (Lipinski definition) is 1. The number of allylic oxidation sites excluding steroid dienone is 2. The van der Waals surface area contributed by atoms with E-state index in [9.17, 15) is 9.90 Å². The van der Waals surface area contributed by atoms with Gasteiger partial charge in [0.1, 0.15) is 0 Å². The molecule has 0 aromatic carbocycles. The summed E-state index contributed by atoms with van der Waals surface area (Å²) in [7, 11) is 0. The average Bonchev–Trinajstić information content (AvgIpc) is 2.86. The van der Waals surface area contributed by atoms with Gasteiger partial charge < -0.3 is 5.11 Å². The van der Waals surface area contributed by atoms with E-state index < -0.39 is 5.60 Å². The van der Waals surface area contributed by atoms with E-state index in [1.807, 2.05) is 6.08 Å². The van der Waals surface area contributed by atoms with E-state index in [4.69, 9.17) is 0 Å². The van der Waals surface area contributed by atoms with Crippen LogP contribution in [0.5, 0.6) is 0 Å². The van der Waals surface area contributed by atoms with Gasteiger partial charge in [0.2, 0.25) is 0 Å². The van der Waals surface area contributed by atoms with Gasteiger partial charge in [-0.15, -0.1) is 0 Å². The molecule has 0 bridgehead atoms. The minimum atomic E-state index is -0.606. The number of fused-ring (bicyclic) bond motifs is 5. The van der Waals surface area contributed by atoms with Crippen molar-refractivity contribution in [2.24, 2.45) is 22.7 Å². The molecule has 4 aliphatic rings. The molecular weight excluding hydrogens is 284 g/mol. The second-order valence-corrected chi connectivity index (χ2v) is 8.91. The fourth-order valence-corrected chi connectivity index (χ4v) is 6.83. The Labute approximate surface area is 140 Å². The lowest BCUT2D eigenvalue weighted by Gasteiger charge is -2.62. The van der Waals surface area contributed by atoms with Crippen LogP contribution in [0.15, 0.2) is 23.3 Å². The summed E-state index contributed by atoms with van der Waals surface area (Å²) >= 11 is 0. The molecule has 3 saturated carbocycles. The third kappa shape index (κ3) is 1.82. The van der Waals surface area contributed by atoms with Gasteiger partial charge in [-0.2, -0.15) is 0 Å².